The van der Waals surface area contributed by atoms with E-state index in [9.17, 15) is 14.9 Å². The van der Waals surface area contributed by atoms with Gasteiger partial charge in [0.25, 0.3) is 10.9 Å². The summed E-state index contributed by atoms with van der Waals surface area (Å²) in [6, 6.07) is 12.3. The van der Waals surface area contributed by atoms with Gasteiger partial charge in [-0.2, -0.15) is 0 Å². The van der Waals surface area contributed by atoms with Crippen molar-refractivity contribution in [2.24, 2.45) is 0 Å². The molecular weight excluding hydrogens is 380 g/mol. The molecule has 0 radical (unpaired) electrons. The number of aryl methyl sites for hydroxylation is 1. The molecule has 142 valence electrons. The monoisotopic (exact) mass is 396 g/mol. The summed E-state index contributed by atoms with van der Waals surface area (Å²) in [6.45, 7) is 2.47. The largest absolute Gasteiger partial charge is 0.411 e. The number of thioether (sulfide) groups is 1. The Kier molecular flexibility index (Phi) is 4.82. The Morgan fingerprint density at radius 3 is 2.89 bits per heavy atom. The minimum atomic E-state index is -0.428. The van der Waals surface area contributed by atoms with Crippen LogP contribution in [0, 0.1) is 17.0 Å². The highest BCUT2D eigenvalue weighted by Crippen LogP contribution is 2.32. The highest BCUT2D eigenvalue weighted by atomic mass is 32.2. The van der Waals surface area contributed by atoms with E-state index < -0.39 is 4.92 Å². The van der Waals surface area contributed by atoms with Crippen LogP contribution >= 0.6 is 11.8 Å². The molecule has 0 atom stereocenters. The number of hydrogen-bond acceptors (Lipinski definition) is 7. The molecule has 1 aliphatic rings. The Balaban J connectivity index is 1.43. The number of carbonyl (C=O) groups is 1. The van der Waals surface area contributed by atoms with Crippen molar-refractivity contribution in [3.05, 3.63) is 63.7 Å². The van der Waals surface area contributed by atoms with Crippen LogP contribution in [0.15, 0.2) is 52.1 Å². The fourth-order valence-electron chi connectivity index (χ4n) is 3.15. The summed E-state index contributed by atoms with van der Waals surface area (Å²) < 4.78 is 5.67. The van der Waals surface area contributed by atoms with Gasteiger partial charge in [-0.05, 0) is 36.6 Å². The molecule has 9 heteroatoms. The number of nitrogens with zero attached hydrogens (tertiary/aromatic N) is 4. The number of hydrogen-bond donors (Lipinski definition) is 0. The van der Waals surface area contributed by atoms with Crippen molar-refractivity contribution in [3.8, 4) is 11.5 Å². The summed E-state index contributed by atoms with van der Waals surface area (Å²) in [7, 11) is 0. The summed E-state index contributed by atoms with van der Waals surface area (Å²) in [4.78, 5) is 24.7. The summed E-state index contributed by atoms with van der Waals surface area (Å²) in [5, 5.41) is 19.3. The van der Waals surface area contributed by atoms with Crippen LogP contribution in [0.1, 0.15) is 11.1 Å². The highest BCUT2D eigenvalue weighted by Gasteiger charge is 2.26. The van der Waals surface area contributed by atoms with Gasteiger partial charge in [0.1, 0.15) is 0 Å². The lowest BCUT2D eigenvalue weighted by atomic mass is 10.1. The van der Waals surface area contributed by atoms with Crippen LogP contribution in [-0.4, -0.2) is 33.3 Å². The maximum Gasteiger partial charge on any atom is 0.277 e. The van der Waals surface area contributed by atoms with Gasteiger partial charge < -0.3 is 9.32 Å². The van der Waals surface area contributed by atoms with Crippen molar-refractivity contribution >= 4 is 29.0 Å². The number of rotatable bonds is 5. The molecule has 1 amide bonds. The first-order chi connectivity index (χ1) is 13.5. The van der Waals surface area contributed by atoms with E-state index in [1.807, 2.05) is 31.2 Å². The second kappa shape index (κ2) is 7.43. The van der Waals surface area contributed by atoms with Crippen molar-refractivity contribution in [1.82, 2.24) is 10.2 Å². The molecule has 2 aromatic carbocycles. The normalized spacial score (nSPS) is 12.8. The van der Waals surface area contributed by atoms with Gasteiger partial charge in [0.05, 0.1) is 10.7 Å². The predicted molar refractivity (Wildman–Crippen MR) is 104 cm³/mol. The van der Waals surface area contributed by atoms with Crippen LogP contribution in [0.5, 0.6) is 0 Å². The Bertz CT molecular complexity index is 1070. The first kappa shape index (κ1) is 18.2. The van der Waals surface area contributed by atoms with Gasteiger partial charge in [0.15, 0.2) is 0 Å². The maximum atomic E-state index is 12.6. The topological polar surface area (TPSA) is 102 Å². The van der Waals surface area contributed by atoms with E-state index in [0.29, 0.717) is 24.1 Å². The zero-order valence-corrected chi connectivity index (χ0v) is 15.8. The van der Waals surface area contributed by atoms with E-state index in [4.69, 9.17) is 4.42 Å². The second-order valence-electron chi connectivity index (χ2n) is 6.34. The number of anilines is 1. The molecule has 0 spiro atoms. The van der Waals surface area contributed by atoms with Crippen LogP contribution in [0.25, 0.3) is 11.5 Å². The molecular formula is C19H16N4O4S. The molecule has 4 rings (SSSR count). The third kappa shape index (κ3) is 3.48. The van der Waals surface area contributed by atoms with Gasteiger partial charge in [-0.3, -0.25) is 14.9 Å². The number of benzene rings is 2. The maximum absolute atomic E-state index is 12.6. The lowest BCUT2D eigenvalue weighted by molar-refractivity contribution is -0.384. The van der Waals surface area contributed by atoms with Gasteiger partial charge in [-0.25, -0.2) is 0 Å². The van der Waals surface area contributed by atoms with Gasteiger partial charge in [-0.15, -0.1) is 10.2 Å². The summed E-state index contributed by atoms with van der Waals surface area (Å²) in [6.07, 6.45) is 0.603. The Hall–Kier alpha value is -3.20. The Morgan fingerprint density at radius 1 is 1.29 bits per heavy atom. The van der Waals surface area contributed by atoms with E-state index in [2.05, 4.69) is 10.2 Å². The molecule has 28 heavy (non-hydrogen) atoms. The number of nitro groups is 1. The third-order valence-electron chi connectivity index (χ3n) is 4.57. The van der Waals surface area contributed by atoms with E-state index in [1.54, 1.807) is 11.0 Å². The molecule has 0 N–H and O–H groups in total. The molecule has 0 saturated heterocycles. The fraction of sp³-hybridized carbons (Fsp3) is 0.211. The lowest BCUT2D eigenvalue weighted by Crippen LogP contribution is -2.30. The average Bonchev–Trinajstić information content (AvgIpc) is 3.33. The van der Waals surface area contributed by atoms with Gasteiger partial charge in [0.2, 0.25) is 11.8 Å². The SMILES string of the molecule is Cc1ccccc1-c1nnc(SCC(=O)N2CCc3cc([N+](=O)[O-])ccc32)o1. The van der Waals surface area contributed by atoms with Gasteiger partial charge in [-0.1, -0.05) is 30.0 Å². The number of fused-ring (bicyclic) bond motifs is 1. The van der Waals surface area contributed by atoms with E-state index in [-0.39, 0.29) is 17.3 Å². The number of carbonyl (C=O) groups excluding carboxylic acids is 1. The summed E-state index contributed by atoms with van der Waals surface area (Å²) in [5.41, 5.74) is 3.47. The number of non-ortho nitro benzene ring substituents is 1. The predicted octanol–water partition coefficient (Wildman–Crippen LogP) is 3.63. The summed E-state index contributed by atoms with van der Waals surface area (Å²) >= 11 is 1.18. The molecule has 0 saturated carbocycles. The fourth-order valence-corrected chi connectivity index (χ4v) is 3.79. The first-order valence-electron chi connectivity index (χ1n) is 8.63. The number of aromatic nitrogens is 2. The molecule has 2 heterocycles. The zero-order valence-electron chi connectivity index (χ0n) is 15.0. The zero-order chi connectivity index (χ0) is 19.7. The van der Waals surface area contributed by atoms with Gasteiger partial charge >= 0.3 is 0 Å². The molecule has 0 unspecified atom stereocenters. The molecule has 1 aromatic heterocycles. The van der Waals surface area contributed by atoms with Crippen LogP contribution < -0.4 is 4.90 Å². The van der Waals surface area contributed by atoms with Crippen LogP contribution in [0.3, 0.4) is 0 Å². The average molecular weight is 396 g/mol. The van der Waals surface area contributed by atoms with Crippen molar-refractivity contribution in [3.63, 3.8) is 0 Å². The van der Waals surface area contributed by atoms with Crippen LogP contribution in [-0.2, 0) is 11.2 Å². The Morgan fingerprint density at radius 2 is 2.11 bits per heavy atom. The minimum absolute atomic E-state index is 0.0389. The van der Waals surface area contributed by atoms with Crippen molar-refractivity contribution in [1.29, 1.82) is 0 Å². The first-order valence-corrected chi connectivity index (χ1v) is 9.61. The Labute approximate surface area is 164 Å². The van der Waals surface area contributed by atoms with Crippen molar-refractivity contribution in [2.75, 3.05) is 17.2 Å². The molecule has 8 nitrogen and oxygen atoms in total. The van der Waals surface area contributed by atoms with Gasteiger partial charge in [0, 0.05) is 29.9 Å². The molecule has 3 aromatic rings. The molecule has 0 fully saturated rings. The number of amides is 1. The molecule has 1 aliphatic heterocycles. The van der Waals surface area contributed by atoms with Crippen LogP contribution in [0.2, 0.25) is 0 Å². The highest BCUT2D eigenvalue weighted by molar-refractivity contribution is 7.99. The van der Waals surface area contributed by atoms with Crippen molar-refractivity contribution < 1.29 is 14.1 Å². The van der Waals surface area contributed by atoms with E-state index >= 15 is 0 Å². The summed E-state index contributed by atoms with van der Waals surface area (Å²) in [5.74, 6) is 0.464. The standard InChI is InChI=1S/C19H16N4O4S/c1-12-4-2-3-5-15(12)18-20-21-19(27-18)28-11-17(24)22-9-8-13-10-14(23(25)26)6-7-16(13)22/h2-7,10H,8-9,11H2,1H3. The quantitative estimate of drug-likeness (QED) is 0.368. The minimum Gasteiger partial charge on any atom is -0.411 e. The van der Waals surface area contributed by atoms with E-state index in [1.165, 1.54) is 23.9 Å². The number of nitro benzene ring substituents is 1. The van der Waals surface area contributed by atoms with Crippen LogP contribution in [0.4, 0.5) is 11.4 Å². The lowest BCUT2D eigenvalue weighted by Gasteiger charge is -2.16. The van der Waals surface area contributed by atoms with E-state index in [0.717, 1.165) is 22.4 Å². The smallest absolute Gasteiger partial charge is 0.277 e. The second-order valence-corrected chi connectivity index (χ2v) is 7.27. The molecule has 0 bridgehead atoms. The third-order valence-corrected chi connectivity index (χ3v) is 5.37. The molecule has 0 aliphatic carbocycles. The van der Waals surface area contributed by atoms with Crippen molar-refractivity contribution in [2.45, 2.75) is 18.6 Å².